The van der Waals surface area contributed by atoms with Gasteiger partial charge < -0.3 is 9.22 Å². The largest absolute Gasteiger partial charge is 0.456 e. The molecule has 1 aromatic rings. The lowest BCUT2D eigenvalue weighted by molar-refractivity contribution is -0.926. The second kappa shape index (κ2) is 9.50. The lowest BCUT2D eigenvalue weighted by Crippen LogP contribution is -2.51. The number of hydrogen-bond acceptors (Lipinski definition) is 3. The van der Waals surface area contributed by atoms with E-state index in [9.17, 15) is 4.79 Å². The van der Waals surface area contributed by atoms with Crippen LogP contribution >= 0.6 is 0 Å². The normalized spacial score (nSPS) is 13.7. The average molecular weight is 293 g/mol. The van der Waals surface area contributed by atoms with E-state index < -0.39 is 0 Å². The van der Waals surface area contributed by atoms with Crippen LogP contribution in [0.5, 0.6) is 0 Å². The summed E-state index contributed by atoms with van der Waals surface area (Å²) in [4.78, 5) is 15.8. The Morgan fingerprint density at radius 1 is 1.10 bits per heavy atom. The standard InChI is InChI=1S/C17H29N2O2/c1-4-7-13-19(6-3,12-5-2)14-15-21-17(20)16-8-10-18-11-9-16/h8-11H,4-7,12-15H2,1-3H3/q+1. The van der Waals surface area contributed by atoms with E-state index in [0.29, 0.717) is 12.2 Å². The van der Waals surface area contributed by atoms with Gasteiger partial charge in [0.15, 0.2) is 0 Å². The molecular weight excluding hydrogens is 264 g/mol. The molecule has 1 rings (SSSR count). The van der Waals surface area contributed by atoms with Gasteiger partial charge in [0.05, 0.1) is 25.2 Å². The Kier molecular flexibility index (Phi) is 7.98. The molecule has 0 aromatic carbocycles. The third-order valence-corrected chi connectivity index (χ3v) is 4.07. The molecule has 0 spiro atoms. The van der Waals surface area contributed by atoms with Gasteiger partial charge >= 0.3 is 5.97 Å². The van der Waals surface area contributed by atoms with Gasteiger partial charge in [-0.2, -0.15) is 0 Å². The van der Waals surface area contributed by atoms with E-state index in [0.717, 1.165) is 30.5 Å². The van der Waals surface area contributed by atoms with Crippen molar-refractivity contribution in [2.24, 2.45) is 0 Å². The average Bonchev–Trinajstić information content (AvgIpc) is 2.53. The van der Waals surface area contributed by atoms with Crippen molar-refractivity contribution in [1.29, 1.82) is 0 Å². The van der Waals surface area contributed by atoms with Gasteiger partial charge in [0.25, 0.3) is 0 Å². The summed E-state index contributed by atoms with van der Waals surface area (Å²) in [7, 11) is 0. The Morgan fingerprint density at radius 3 is 2.38 bits per heavy atom. The first-order valence-corrected chi connectivity index (χ1v) is 8.09. The summed E-state index contributed by atoms with van der Waals surface area (Å²) >= 11 is 0. The molecule has 0 saturated heterocycles. The maximum absolute atomic E-state index is 11.9. The van der Waals surface area contributed by atoms with Crippen LogP contribution in [0.25, 0.3) is 0 Å². The highest BCUT2D eigenvalue weighted by Gasteiger charge is 2.24. The molecule has 1 heterocycles. The first-order valence-electron chi connectivity index (χ1n) is 8.09. The van der Waals surface area contributed by atoms with E-state index in [1.165, 1.54) is 19.4 Å². The fourth-order valence-electron chi connectivity index (χ4n) is 2.68. The van der Waals surface area contributed by atoms with E-state index in [4.69, 9.17) is 4.74 Å². The zero-order valence-electron chi connectivity index (χ0n) is 13.7. The minimum Gasteiger partial charge on any atom is -0.456 e. The lowest BCUT2D eigenvalue weighted by atomic mass is 10.2. The molecule has 0 aliphatic carbocycles. The van der Waals surface area contributed by atoms with Crippen molar-refractivity contribution >= 4 is 5.97 Å². The van der Waals surface area contributed by atoms with Crippen LogP contribution in [0.1, 0.15) is 50.4 Å². The highest BCUT2D eigenvalue weighted by molar-refractivity contribution is 5.89. The van der Waals surface area contributed by atoms with Crippen molar-refractivity contribution in [3.63, 3.8) is 0 Å². The van der Waals surface area contributed by atoms with E-state index in [1.807, 2.05) is 0 Å². The Hall–Kier alpha value is -1.42. The van der Waals surface area contributed by atoms with Gasteiger partial charge in [-0.15, -0.1) is 0 Å². The molecule has 118 valence electrons. The number of pyridine rings is 1. The molecule has 0 fully saturated rings. The number of likely N-dealkylation sites (N-methyl/N-ethyl adjacent to an activating group) is 1. The minimum absolute atomic E-state index is 0.251. The Morgan fingerprint density at radius 2 is 1.81 bits per heavy atom. The van der Waals surface area contributed by atoms with Crippen LogP contribution in [-0.2, 0) is 4.74 Å². The Labute approximate surface area is 128 Å². The predicted octanol–water partition coefficient (Wildman–Crippen LogP) is 3.29. The fourth-order valence-corrected chi connectivity index (χ4v) is 2.68. The van der Waals surface area contributed by atoms with Crippen molar-refractivity contribution < 1.29 is 14.0 Å². The summed E-state index contributed by atoms with van der Waals surface area (Å²) in [6.07, 6.45) is 6.82. The third-order valence-electron chi connectivity index (χ3n) is 4.07. The topological polar surface area (TPSA) is 39.2 Å². The van der Waals surface area contributed by atoms with Crippen LogP contribution in [0, 0.1) is 0 Å². The number of hydrogen-bond donors (Lipinski definition) is 0. The molecule has 0 N–H and O–H groups in total. The summed E-state index contributed by atoms with van der Waals surface area (Å²) < 4.78 is 6.48. The smallest absolute Gasteiger partial charge is 0.338 e. The van der Waals surface area contributed by atoms with Gasteiger partial charge in [0.1, 0.15) is 13.2 Å². The number of nitrogens with zero attached hydrogens (tertiary/aromatic N) is 2. The number of aromatic nitrogens is 1. The molecule has 1 aromatic heterocycles. The summed E-state index contributed by atoms with van der Waals surface area (Å²) in [5.74, 6) is -0.251. The van der Waals surface area contributed by atoms with Crippen molar-refractivity contribution in [2.45, 2.75) is 40.0 Å². The number of rotatable bonds is 10. The zero-order chi connectivity index (χ0) is 15.6. The van der Waals surface area contributed by atoms with Crippen molar-refractivity contribution in [2.75, 3.05) is 32.8 Å². The summed E-state index contributed by atoms with van der Waals surface area (Å²) in [6, 6.07) is 3.38. The summed E-state index contributed by atoms with van der Waals surface area (Å²) in [5.41, 5.74) is 0.573. The van der Waals surface area contributed by atoms with Crippen LogP contribution in [0.4, 0.5) is 0 Å². The molecule has 0 amide bonds. The maximum atomic E-state index is 11.9. The fraction of sp³-hybridized carbons (Fsp3) is 0.647. The summed E-state index contributed by atoms with van der Waals surface area (Å²) in [6.45, 7) is 11.5. The van der Waals surface area contributed by atoms with Crippen molar-refractivity contribution in [3.8, 4) is 0 Å². The van der Waals surface area contributed by atoms with Gasteiger partial charge in [-0.1, -0.05) is 20.3 Å². The van der Waals surface area contributed by atoms with Gasteiger partial charge in [-0.25, -0.2) is 4.79 Å². The molecule has 0 bridgehead atoms. The highest BCUT2D eigenvalue weighted by Crippen LogP contribution is 2.11. The van der Waals surface area contributed by atoms with Crippen LogP contribution in [0.2, 0.25) is 0 Å². The minimum atomic E-state index is -0.251. The quantitative estimate of drug-likeness (QED) is 0.491. The number of unbranched alkanes of at least 4 members (excludes halogenated alkanes) is 1. The highest BCUT2D eigenvalue weighted by atomic mass is 16.5. The molecule has 21 heavy (non-hydrogen) atoms. The molecule has 0 radical (unpaired) electrons. The number of carbonyl (C=O) groups excluding carboxylic acids is 1. The lowest BCUT2D eigenvalue weighted by Gasteiger charge is -2.37. The van der Waals surface area contributed by atoms with Crippen molar-refractivity contribution in [1.82, 2.24) is 4.98 Å². The molecular formula is C17H29N2O2+. The van der Waals surface area contributed by atoms with Crippen LogP contribution in [0.15, 0.2) is 24.5 Å². The number of esters is 1. The Balaban J connectivity index is 2.50. The van der Waals surface area contributed by atoms with Crippen LogP contribution in [0.3, 0.4) is 0 Å². The van der Waals surface area contributed by atoms with E-state index >= 15 is 0 Å². The second-order valence-corrected chi connectivity index (χ2v) is 5.55. The first-order chi connectivity index (χ1) is 10.2. The van der Waals surface area contributed by atoms with Gasteiger partial charge in [-0.3, -0.25) is 4.98 Å². The predicted molar refractivity (Wildman–Crippen MR) is 85.1 cm³/mol. The van der Waals surface area contributed by atoms with Crippen LogP contribution in [-0.4, -0.2) is 48.2 Å². The van der Waals surface area contributed by atoms with E-state index in [2.05, 4.69) is 25.8 Å². The third kappa shape index (κ3) is 5.84. The molecule has 0 aliphatic rings. The summed E-state index contributed by atoms with van der Waals surface area (Å²) in [5, 5.41) is 0. The number of quaternary nitrogens is 1. The molecule has 0 saturated carbocycles. The number of ether oxygens (including phenoxy) is 1. The Bertz CT molecular complexity index is 409. The van der Waals surface area contributed by atoms with E-state index in [-0.39, 0.29) is 5.97 Å². The molecule has 1 unspecified atom stereocenters. The monoisotopic (exact) mass is 293 g/mol. The van der Waals surface area contributed by atoms with Crippen LogP contribution < -0.4 is 0 Å². The van der Waals surface area contributed by atoms with Crippen molar-refractivity contribution in [3.05, 3.63) is 30.1 Å². The van der Waals surface area contributed by atoms with Gasteiger partial charge in [0, 0.05) is 12.4 Å². The molecule has 0 aliphatic heterocycles. The molecule has 4 nitrogen and oxygen atoms in total. The second-order valence-electron chi connectivity index (χ2n) is 5.55. The molecule has 4 heteroatoms. The SMILES string of the molecule is CCCC[N+](CC)(CCC)CCOC(=O)c1ccncc1. The molecule has 1 atom stereocenters. The van der Waals surface area contributed by atoms with Gasteiger partial charge in [0.2, 0.25) is 0 Å². The van der Waals surface area contributed by atoms with Gasteiger partial charge in [-0.05, 0) is 31.9 Å². The zero-order valence-corrected chi connectivity index (χ0v) is 13.7. The first kappa shape index (κ1) is 17.6. The maximum Gasteiger partial charge on any atom is 0.338 e. The van der Waals surface area contributed by atoms with E-state index in [1.54, 1.807) is 24.5 Å². The number of carbonyl (C=O) groups is 1.